The topological polar surface area (TPSA) is 40.2 Å². The first-order valence-electron chi connectivity index (χ1n) is 8.51. The molecule has 130 valence electrons. The highest BCUT2D eigenvalue weighted by molar-refractivity contribution is 5.52. The minimum atomic E-state index is -0.359. The van der Waals surface area contributed by atoms with Crippen molar-refractivity contribution < 1.29 is 18.9 Å². The van der Waals surface area contributed by atoms with Crippen molar-refractivity contribution in [2.24, 2.45) is 0 Å². The van der Waals surface area contributed by atoms with Crippen molar-refractivity contribution in [3.63, 3.8) is 0 Å². The average Bonchev–Trinajstić information content (AvgIpc) is 3.00. The van der Waals surface area contributed by atoms with Gasteiger partial charge in [-0.15, -0.1) is 0 Å². The molecular weight excluding hydrogens is 306 g/mol. The lowest BCUT2D eigenvalue weighted by Crippen LogP contribution is -2.45. The highest BCUT2D eigenvalue weighted by atomic mass is 16.7. The molecule has 1 aromatic rings. The van der Waals surface area contributed by atoms with Crippen molar-refractivity contribution in [3.8, 4) is 11.5 Å². The number of rotatable bonds is 3. The quantitative estimate of drug-likeness (QED) is 0.797. The summed E-state index contributed by atoms with van der Waals surface area (Å²) in [4.78, 5) is 2.44. The number of hydrogen-bond acceptors (Lipinski definition) is 5. The van der Waals surface area contributed by atoms with E-state index >= 15 is 0 Å². The molecule has 2 aliphatic heterocycles. The van der Waals surface area contributed by atoms with Gasteiger partial charge < -0.3 is 18.9 Å². The number of ether oxygens (including phenoxy) is 4. The fraction of sp³-hybridized carbons (Fsp3) is 0.579. The van der Waals surface area contributed by atoms with Gasteiger partial charge in [-0.2, -0.15) is 0 Å². The van der Waals surface area contributed by atoms with E-state index in [1.165, 1.54) is 5.56 Å². The molecule has 4 atom stereocenters. The first-order valence-corrected chi connectivity index (χ1v) is 8.51. The van der Waals surface area contributed by atoms with Gasteiger partial charge in [-0.25, -0.2) is 0 Å². The molecule has 4 rings (SSSR count). The molecular formula is C19H25NO4. The third-order valence-corrected chi connectivity index (χ3v) is 5.68. The summed E-state index contributed by atoms with van der Waals surface area (Å²) < 4.78 is 23.0. The lowest BCUT2D eigenvalue weighted by atomic mass is 9.74. The van der Waals surface area contributed by atoms with Gasteiger partial charge in [-0.3, -0.25) is 4.90 Å². The average molecular weight is 331 g/mol. The molecule has 0 aromatic heterocycles. The highest BCUT2D eigenvalue weighted by Gasteiger charge is 2.47. The number of likely N-dealkylation sites (tertiary alicyclic amines) is 1. The number of hydrogen-bond donors (Lipinski definition) is 0. The van der Waals surface area contributed by atoms with E-state index in [1.54, 1.807) is 26.9 Å². The number of likely N-dealkylation sites (N-methyl/N-ethyl adjacent to an activating group) is 1. The Morgan fingerprint density at radius 3 is 2.46 bits per heavy atom. The summed E-state index contributed by atoms with van der Waals surface area (Å²) in [7, 11) is 7.24. The van der Waals surface area contributed by atoms with E-state index in [-0.39, 0.29) is 12.4 Å². The van der Waals surface area contributed by atoms with Gasteiger partial charge in [-0.05, 0) is 37.6 Å². The van der Waals surface area contributed by atoms with Crippen molar-refractivity contribution >= 4 is 0 Å². The molecule has 5 nitrogen and oxygen atoms in total. The second-order valence-electron chi connectivity index (χ2n) is 6.79. The van der Waals surface area contributed by atoms with E-state index in [4.69, 9.17) is 18.9 Å². The van der Waals surface area contributed by atoms with Crippen LogP contribution in [-0.4, -0.2) is 52.0 Å². The molecule has 0 unspecified atom stereocenters. The molecule has 3 aliphatic rings. The summed E-state index contributed by atoms with van der Waals surface area (Å²) >= 11 is 0. The Morgan fingerprint density at radius 1 is 1.08 bits per heavy atom. The molecule has 1 aliphatic carbocycles. The SMILES string of the molecule is COc1cc2c(cc1OC)[C@H]1[C@H](CC=C3CCN(C)[C@@H]31)O[C@H]2OC. The maximum absolute atomic E-state index is 6.31. The van der Waals surface area contributed by atoms with Gasteiger partial charge in [0, 0.05) is 31.2 Å². The summed E-state index contributed by atoms with van der Waals surface area (Å²) in [5, 5.41) is 0. The van der Waals surface area contributed by atoms with E-state index in [9.17, 15) is 0 Å². The Labute approximate surface area is 143 Å². The molecule has 2 heterocycles. The minimum absolute atomic E-state index is 0.134. The van der Waals surface area contributed by atoms with E-state index in [0.29, 0.717) is 17.7 Å². The third kappa shape index (κ3) is 2.26. The molecule has 1 saturated heterocycles. The van der Waals surface area contributed by atoms with Gasteiger partial charge in [0.15, 0.2) is 17.8 Å². The Bertz CT molecular complexity index is 672. The number of nitrogens with zero attached hydrogens (tertiary/aromatic N) is 1. The van der Waals surface area contributed by atoms with Crippen LogP contribution in [0.25, 0.3) is 0 Å². The van der Waals surface area contributed by atoms with Gasteiger partial charge in [0.25, 0.3) is 0 Å². The van der Waals surface area contributed by atoms with Crippen molar-refractivity contribution in [3.05, 3.63) is 34.9 Å². The normalized spacial score (nSPS) is 31.8. The van der Waals surface area contributed by atoms with Crippen molar-refractivity contribution in [1.29, 1.82) is 0 Å². The van der Waals surface area contributed by atoms with Gasteiger partial charge >= 0.3 is 0 Å². The Hall–Kier alpha value is -1.56. The van der Waals surface area contributed by atoms with Crippen molar-refractivity contribution in [2.45, 2.75) is 37.2 Å². The Balaban J connectivity index is 1.86. The molecule has 0 N–H and O–H groups in total. The molecule has 0 saturated carbocycles. The molecule has 24 heavy (non-hydrogen) atoms. The van der Waals surface area contributed by atoms with E-state index in [0.717, 1.165) is 30.7 Å². The van der Waals surface area contributed by atoms with Crippen LogP contribution in [0.1, 0.15) is 36.2 Å². The Kier molecular flexibility index (Phi) is 4.03. The first kappa shape index (κ1) is 15.9. The molecule has 0 amide bonds. The second kappa shape index (κ2) is 6.06. The molecule has 0 spiro atoms. The van der Waals surface area contributed by atoms with Crippen LogP contribution < -0.4 is 9.47 Å². The third-order valence-electron chi connectivity index (χ3n) is 5.68. The fourth-order valence-electron chi connectivity index (χ4n) is 4.55. The Morgan fingerprint density at radius 2 is 1.79 bits per heavy atom. The first-order chi connectivity index (χ1) is 11.7. The van der Waals surface area contributed by atoms with Gasteiger partial charge in [0.05, 0.1) is 20.3 Å². The molecule has 1 aromatic carbocycles. The molecule has 1 fully saturated rings. The standard InChI is InChI=1S/C19H25NO4/c1-20-8-7-11-5-6-14-17(18(11)20)12-9-15(21-2)16(22-3)10-13(12)19(23-4)24-14/h5,9-10,14,17-19H,6-8H2,1-4H3/t14-,17-,18-,19+/m0/s1. The zero-order chi connectivity index (χ0) is 16.8. The van der Waals surface area contributed by atoms with E-state index < -0.39 is 0 Å². The van der Waals surface area contributed by atoms with Crippen LogP contribution in [0, 0.1) is 0 Å². The number of methoxy groups -OCH3 is 3. The smallest absolute Gasteiger partial charge is 0.184 e. The van der Waals surface area contributed by atoms with E-state index in [2.05, 4.69) is 24.1 Å². The van der Waals surface area contributed by atoms with Crippen LogP contribution in [0.4, 0.5) is 0 Å². The summed E-state index contributed by atoms with van der Waals surface area (Å²) in [6.45, 7) is 1.11. The van der Waals surface area contributed by atoms with Gasteiger partial charge in [0.1, 0.15) is 0 Å². The number of fused-ring (bicyclic) bond motifs is 5. The second-order valence-corrected chi connectivity index (χ2v) is 6.79. The summed E-state index contributed by atoms with van der Waals surface area (Å²) in [5.74, 6) is 1.79. The zero-order valence-corrected chi connectivity index (χ0v) is 14.7. The minimum Gasteiger partial charge on any atom is -0.493 e. The van der Waals surface area contributed by atoms with Gasteiger partial charge in [-0.1, -0.05) is 11.6 Å². The van der Waals surface area contributed by atoms with Crippen LogP contribution >= 0.6 is 0 Å². The van der Waals surface area contributed by atoms with Crippen LogP contribution in [0.2, 0.25) is 0 Å². The molecule has 0 bridgehead atoms. The fourth-order valence-corrected chi connectivity index (χ4v) is 4.55. The van der Waals surface area contributed by atoms with Crippen LogP contribution in [0.15, 0.2) is 23.8 Å². The summed E-state index contributed by atoms with van der Waals surface area (Å²) in [6.07, 6.45) is 4.24. The summed E-state index contributed by atoms with van der Waals surface area (Å²) in [6, 6.07) is 4.53. The lowest BCUT2D eigenvalue weighted by Gasteiger charge is -2.44. The maximum Gasteiger partial charge on any atom is 0.184 e. The monoisotopic (exact) mass is 331 g/mol. The molecule has 0 radical (unpaired) electrons. The van der Waals surface area contributed by atoms with Crippen LogP contribution in [-0.2, 0) is 9.47 Å². The predicted molar refractivity (Wildman–Crippen MR) is 90.6 cm³/mol. The maximum atomic E-state index is 6.31. The van der Waals surface area contributed by atoms with Crippen molar-refractivity contribution in [1.82, 2.24) is 4.90 Å². The summed E-state index contributed by atoms with van der Waals surface area (Å²) in [5.41, 5.74) is 3.86. The van der Waals surface area contributed by atoms with Crippen molar-refractivity contribution in [2.75, 3.05) is 34.9 Å². The van der Waals surface area contributed by atoms with Crippen LogP contribution in [0.3, 0.4) is 0 Å². The highest BCUT2D eigenvalue weighted by Crippen LogP contribution is 2.50. The largest absolute Gasteiger partial charge is 0.493 e. The lowest BCUT2D eigenvalue weighted by molar-refractivity contribution is -0.179. The predicted octanol–water partition coefficient (Wildman–Crippen LogP) is 2.87. The zero-order valence-electron chi connectivity index (χ0n) is 14.7. The van der Waals surface area contributed by atoms with Gasteiger partial charge in [0.2, 0.25) is 0 Å². The van der Waals surface area contributed by atoms with E-state index in [1.807, 2.05) is 6.07 Å². The van der Waals surface area contributed by atoms with Crippen LogP contribution in [0.5, 0.6) is 11.5 Å². The number of benzene rings is 1. The molecule has 5 heteroatoms.